The number of likely N-dealkylation sites (N-methyl/N-ethyl adjacent to an activating group) is 1. The van der Waals surface area contributed by atoms with Crippen LogP contribution in [-0.2, 0) is 10.8 Å². The summed E-state index contributed by atoms with van der Waals surface area (Å²) in [6, 6.07) is 17.5. The predicted molar refractivity (Wildman–Crippen MR) is 174 cm³/mol. The van der Waals surface area contributed by atoms with Crippen molar-refractivity contribution in [2.45, 2.75) is 65.2 Å². The second kappa shape index (κ2) is 11.8. The first-order valence-electron chi connectivity index (χ1n) is 14.8. The van der Waals surface area contributed by atoms with E-state index in [1.807, 2.05) is 0 Å². The van der Waals surface area contributed by atoms with Crippen LogP contribution in [0, 0.1) is 5.41 Å². The Labute approximate surface area is 254 Å². The average Bonchev–Trinajstić information content (AvgIpc) is 3.21. The highest BCUT2D eigenvalue weighted by Gasteiger charge is 2.42. The molecule has 0 spiro atoms. The molecule has 0 atom stereocenters. The molecule has 2 aliphatic heterocycles. The standard InChI is InChI=1S/C36H43N2.BF4/c1-34(2)24-26(15-13-21-32-35(3,4)28-17-9-11-19-30(28)37(32)7)23-27(25-34)16-14-22-33-36(5,6)29-18-10-12-20-31(29)38(33)8;2-1(3,4)5/h9-23H,24-25H2,1-8H3;/q+1;-1. The van der Waals surface area contributed by atoms with Gasteiger partial charge < -0.3 is 22.2 Å². The Bertz CT molecular complexity index is 1560. The van der Waals surface area contributed by atoms with Crippen molar-refractivity contribution in [3.05, 3.63) is 119 Å². The van der Waals surface area contributed by atoms with Crippen LogP contribution in [0.3, 0.4) is 0 Å². The third-order valence-corrected chi connectivity index (χ3v) is 8.75. The van der Waals surface area contributed by atoms with E-state index in [0.717, 1.165) is 12.8 Å². The number of benzene rings is 2. The zero-order chi connectivity index (χ0) is 31.8. The molecule has 0 unspecified atom stereocenters. The number of nitrogens with zero attached hydrogens (tertiary/aromatic N) is 2. The Morgan fingerprint density at radius 1 is 0.767 bits per heavy atom. The van der Waals surface area contributed by atoms with Crippen molar-refractivity contribution in [1.82, 2.24) is 0 Å². The Morgan fingerprint density at radius 2 is 1.35 bits per heavy atom. The summed E-state index contributed by atoms with van der Waals surface area (Å²) in [4.78, 5) is 2.34. The van der Waals surface area contributed by atoms with Gasteiger partial charge in [-0.05, 0) is 61.0 Å². The first kappa shape index (κ1) is 32.3. The van der Waals surface area contributed by atoms with E-state index in [2.05, 4.69) is 156 Å². The van der Waals surface area contributed by atoms with E-state index in [1.54, 1.807) is 0 Å². The van der Waals surface area contributed by atoms with Gasteiger partial charge in [0.1, 0.15) is 7.05 Å². The van der Waals surface area contributed by atoms with Crippen molar-refractivity contribution in [1.29, 1.82) is 0 Å². The van der Waals surface area contributed by atoms with Crippen LogP contribution < -0.4 is 4.90 Å². The van der Waals surface area contributed by atoms with Gasteiger partial charge in [0.25, 0.3) is 0 Å². The predicted octanol–water partition coefficient (Wildman–Crippen LogP) is 10.1. The third kappa shape index (κ3) is 7.14. The summed E-state index contributed by atoms with van der Waals surface area (Å²) in [5.74, 6) is 0. The van der Waals surface area contributed by atoms with Gasteiger partial charge in [-0.3, -0.25) is 0 Å². The molecule has 0 radical (unpaired) electrons. The molecular weight excluding hydrogens is 547 g/mol. The molecular formula is C36H43BF4N2. The fourth-order valence-electron chi connectivity index (χ4n) is 6.85. The van der Waals surface area contributed by atoms with Crippen LogP contribution >= 0.6 is 0 Å². The SMILES string of the molecule is CN1C(=C/C=C/C2=CC(=C/C=C/C3=[N+](C)c4ccccc4C3(C)C)CC(C)(C)C2)C(C)(C)c2ccccc21.F[B-](F)(F)F. The van der Waals surface area contributed by atoms with Gasteiger partial charge in [-0.2, -0.15) is 4.58 Å². The lowest BCUT2D eigenvalue weighted by Gasteiger charge is -2.30. The van der Waals surface area contributed by atoms with Gasteiger partial charge >= 0.3 is 7.25 Å². The summed E-state index contributed by atoms with van der Waals surface area (Å²) >= 11 is 0. The molecule has 228 valence electrons. The number of allylic oxidation sites excluding steroid dienone is 10. The molecule has 0 saturated carbocycles. The molecule has 2 nitrogen and oxygen atoms in total. The molecule has 0 saturated heterocycles. The number of fused-ring (bicyclic) bond motifs is 2. The third-order valence-electron chi connectivity index (χ3n) is 8.75. The summed E-state index contributed by atoms with van der Waals surface area (Å²) in [6.45, 7) is 14.1. The number of anilines is 1. The molecule has 2 aromatic rings. The van der Waals surface area contributed by atoms with Crippen LogP contribution in [0.25, 0.3) is 0 Å². The van der Waals surface area contributed by atoms with E-state index in [-0.39, 0.29) is 16.2 Å². The molecule has 2 heterocycles. The Morgan fingerprint density at radius 3 is 1.98 bits per heavy atom. The lowest BCUT2D eigenvalue weighted by molar-refractivity contribution is -0.401. The maximum absolute atomic E-state index is 9.75. The number of hydrogen-bond acceptors (Lipinski definition) is 1. The van der Waals surface area contributed by atoms with Gasteiger partial charge in [0.15, 0.2) is 5.71 Å². The van der Waals surface area contributed by atoms with Crippen molar-refractivity contribution in [2.24, 2.45) is 5.41 Å². The number of rotatable bonds is 4. The normalized spacial score (nSPS) is 22.2. The quantitative estimate of drug-likeness (QED) is 0.195. The molecule has 0 bridgehead atoms. The summed E-state index contributed by atoms with van der Waals surface area (Å²) in [6.07, 6.45) is 18.3. The lowest BCUT2D eigenvalue weighted by atomic mass is 9.75. The van der Waals surface area contributed by atoms with E-state index < -0.39 is 7.25 Å². The van der Waals surface area contributed by atoms with Crippen LogP contribution in [-0.4, -0.2) is 31.6 Å². The molecule has 1 aliphatic carbocycles. The van der Waals surface area contributed by atoms with Crippen molar-refractivity contribution in [2.75, 3.05) is 19.0 Å². The second-order valence-corrected chi connectivity index (χ2v) is 13.5. The van der Waals surface area contributed by atoms with Crippen LogP contribution in [0.5, 0.6) is 0 Å². The zero-order valence-electron chi connectivity index (χ0n) is 26.6. The summed E-state index contributed by atoms with van der Waals surface area (Å²) < 4.78 is 41.3. The van der Waals surface area contributed by atoms with Crippen molar-refractivity contribution >= 4 is 24.3 Å². The minimum atomic E-state index is -6.00. The number of hydrogen-bond donors (Lipinski definition) is 0. The van der Waals surface area contributed by atoms with E-state index in [1.165, 1.54) is 45.1 Å². The first-order chi connectivity index (χ1) is 19.9. The minimum Gasteiger partial charge on any atom is -0.418 e. The van der Waals surface area contributed by atoms with Crippen molar-refractivity contribution < 1.29 is 21.8 Å². The van der Waals surface area contributed by atoms with Gasteiger partial charge in [0.05, 0.1) is 5.41 Å². The fourth-order valence-corrected chi connectivity index (χ4v) is 6.85. The number of halogens is 4. The molecule has 3 aliphatic rings. The number of para-hydroxylation sites is 2. The van der Waals surface area contributed by atoms with Crippen LogP contribution in [0.2, 0.25) is 0 Å². The van der Waals surface area contributed by atoms with E-state index in [4.69, 9.17) is 0 Å². The molecule has 0 aromatic heterocycles. The zero-order valence-corrected chi connectivity index (χ0v) is 26.6. The van der Waals surface area contributed by atoms with Gasteiger partial charge in [-0.1, -0.05) is 94.5 Å². The average molecular weight is 591 g/mol. The van der Waals surface area contributed by atoms with E-state index in [0.29, 0.717) is 0 Å². The largest absolute Gasteiger partial charge is 0.673 e. The highest BCUT2D eigenvalue weighted by Crippen LogP contribution is 2.47. The van der Waals surface area contributed by atoms with Crippen molar-refractivity contribution in [3.8, 4) is 0 Å². The fraction of sp³-hybridized carbons (Fsp3) is 0.361. The lowest BCUT2D eigenvalue weighted by Crippen LogP contribution is -2.26. The summed E-state index contributed by atoms with van der Waals surface area (Å²) in [5, 5.41) is 0. The topological polar surface area (TPSA) is 6.25 Å². The maximum Gasteiger partial charge on any atom is 0.673 e. The van der Waals surface area contributed by atoms with E-state index >= 15 is 0 Å². The Hall–Kier alpha value is -3.61. The summed E-state index contributed by atoms with van der Waals surface area (Å²) in [5.41, 5.74) is 11.1. The molecule has 43 heavy (non-hydrogen) atoms. The summed E-state index contributed by atoms with van der Waals surface area (Å²) in [7, 11) is -1.63. The minimum absolute atomic E-state index is 0.00423. The van der Waals surface area contributed by atoms with Crippen LogP contribution in [0.15, 0.2) is 108 Å². The smallest absolute Gasteiger partial charge is 0.418 e. The highest BCUT2D eigenvalue weighted by molar-refractivity contribution is 6.50. The Kier molecular flexibility index (Phi) is 8.88. The maximum atomic E-state index is 9.75. The first-order valence-corrected chi connectivity index (χ1v) is 14.8. The second-order valence-electron chi connectivity index (χ2n) is 13.5. The monoisotopic (exact) mass is 590 g/mol. The molecule has 0 amide bonds. The highest BCUT2D eigenvalue weighted by atomic mass is 19.5. The molecule has 7 heteroatoms. The van der Waals surface area contributed by atoms with Crippen LogP contribution in [0.4, 0.5) is 28.6 Å². The van der Waals surface area contributed by atoms with Crippen molar-refractivity contribution in [3.63, 3.8) is 0 Å². The Balaban J connectivity index is 0.000000782. The van der Waals surface area contributed by atoms with Gasteiger partial charge in [0.2, 0.25) is 5.69 Å². The van der Waals surface area contributed by atoms with Gasteiger partial charge in [-0.25, -0.2) is 0 Å². The van der Waals surface area contributed by atoms with Gasteiger partial charge in [0, 0.05) is 41.6 Å². The molecule has 5 rings (SSSR count). The van der Waals surface area contributed by atoms with Crippen LogP contribution in [0.1, 0.15) is 65.5 Å². The molecule has 0 N–H and O–H groups in total. The van der Waals surface area contributed by atoms with Gasteiger partial charge in [-0.15, -0.1) is 0 Å². The molecule has 2 aromatic carbocycles. The van der Waals surface area contributed by atoms with E-state index in [9.17, 15) is 17.3 Å². The molecule has 0 fully saturated rings.